The van der Waals surface area contributed by atoms with Crippen LogP contribution in [0.15, 0.2) is 12.7 Å². The number of rotatable bonds is 10. The molecule has 0 unspecified atom stereocenters. The number of carbonyl (C=O) groups excluding carboxylic acids is 1. The van der Waals surface area contributed by atoms with E-state index in [4.69, 9.17) is 9.84 Å². The SMILES string of the molecule is C=CCCOCCNC(=O)N(CCC)CC(=O)O. The van der Waals surface area contributed by atoms with Crippen LogP contribution < -0.4 is 5.32 Å². The Labute approximate surface area is 108 Å². The summed E-state index contributed by atoms with van der Waals surface area (Å²) in [6.07, 6.45) is 3.25. The van der Waals surface area contributed by atoms with Gasteiger partial charge in [0.15, 0.2) is 0 Å². The summed E-state index contributed by atoms with van der Waals surface area (Å²) in [4.78, 5) is 23.5. The van der Waals surface area contributed by atoms with Crippen molar-refractivity contribution in [3.8, 4) is 0 Å². The van der Waals surface area contributed by atoms with E-state index in [-0.39, 0.29) is 12.6 Å². The van der Waals surface area contributed by atoms with Crippen LogP contribution in [0.2, 0.25) is 0 Å². The second-order valence-electron chi connectivity index (χ2n) is 3.74. The Kier molecular flexibility index (Phi) is 9.67. The second-order valence-corrected chi connectivity index (χ2v) is 3.74. The number of nitrogens with one attached hydrogen (secondary N) is 1. The molecule has 0 rings (SSSR count). The zero-order valence-corrected chi connectivity index (χ0v) is 10.9. The van der Waals surface area contributed by atoms with E-state index >= 15 is 0 Å². The predicted octanol–water partition coefficient (Wildman–Crippen LogP) is 1.09. The van der Waals surface area contributed by atoms with Gasteiger partial charge >= 0.3 is 12.0 Å². The molecule has 0 saturated carbocycles. The van der Waals surface area contributed by atoms with Gasteiger partial charge in [-0.1, -0.05) is 13.0 Å². The normalized spacial score (nSPS) is 9.83. The van der Waals surface area contributed by atoms with Crippen LogP contribution in [-0.2, 0) is 9.53 Å². The van der Waals surface area contributed by atoms with E-state index < -0.39 is 5.97 Å². The first-order valence-electron chi connectivity index (χ1n) is 6.05. The minimum atomic E-state index is -1.01. The van der Waals surface area contributed by atoms with E-state index in [1.807, 2.05) is 6.92 Å². The molecule has 0 aliphatic carbocycles. The van der Waals surface area contributed by atoms with Crippen LogP contribution in [0.4, 0.5) is 4.79 Å². The fraction of sp³-hybridized carbons (Fsp3) is 0.667. The molecule has 0 radical (unpaired) electrons. The van der Waals surface area contributed by atoms with E-state index in [9.17, 15) is 9.59 Å². The van der Waals surface area contributed by atoms with Gasteiger partial charge in [-0.05, 0) is 12.8 Å². The maximum Gasteiger partial charge on any atom is 0.323 e. The Morgan fingerprint density at radius 1 is 1.44 bits per heavy atom. The average Bonchev–Trinajstić information content (AvgIpc) is 2.32. The van der Waals surface area contributed by atoms with Crippen LogP contribution in [-0.4, -0.2) is 54.9 Å². The van der Waals surface area contributed by atoms with Crippen LogP contribution in [0, 0.1) is 0 Å². The van der Waals surface area contributed by atoms with Crippen molar-refractivity contribution in [2.75, 3.05) is 32.8 Å². The summed E-state index contributed by atoms with van der Waals surface area (Å²) in [5, 5.41) is 11.3. The molecule has 6 heteroatoms. The minimum absolute atomic E-state index is 0.281. The lowest BCUT2D eigenvalue weighted by molar-refractivity contribution is -0.137. The number of ether oxygens (including phenoxy) is 1. The summed E-state index contributed by atoms with van der Waals surface area (Å²) < 4.78 is 5.22. The molecule has 0 aromatic heterocycles. The summed E-state index contributed by atoms with van der Waals surface area (Å²) in [5.74, 6) is -1.01. The van der Waals surface area contributed by atoms with E-state index in [2.05, 4.69) is 11.9 Å². The molecule has 2 N–H and O–H groups in total. The van der Waals surface area contributed by atoms with E-state index in [0.29, 0.717) is 26.3 Å². The highest BCUT2D eigenvalue weighted by molar-refractivity contribution is 5.80. The molecule has 0 fully saturated rings. The van der Waals surface area contributed by atoms with Crippen LogP contribution >= 0.6 is 0 Å². The Morgan fingerprint density at radius 2 is 2.17 bits per heavy atom. The quantitative estimate of drug-likeness (QED) is 0.454. The van der Waals surface area contributed by atoms with Gasteiger partial charge in [-0.2, -0.15) is 0 Å². The van der Waals surface area contributed by atoms with Crippen molar-refractivity contribution in [1.29, 1.82) is 0 Å². The topological polar surface area (TPSA) is 78.9 Å². The maximum atomic E-state index is 11.6. The van der Waals surface area contributed by atoms with Gasteiger partial charge in [0.05, 0.1) is 13.2 Å². The standard InChI is InChI=1S/C12H22N2O4/c1-3-5-8-18-9-6-13-12(17)14(7-4-2)10-11(15)16/h3H,1,4-10H2,2H3,(H,13,17)(H,15,16). The fourth-order valence-corrected chi connectivity index (χ4v) is 1.30. The van der Waals surface area contributed by atoms with Crippen molar-refractivity contribution in [1.82, 2.24) is 10.2 Å². The molecule has 0 aromatic carbocycles. The lowest BCUT2D eigenvalue weighted by Crippen LogP contribution is -2.44. The van der Waals surface area contributed by atoms with Crippen LogP contribution in [0.3, 0.4) is 0 Å². The highest BCUT2D eigenvalue weighted by Gasteiger charge is 2.14. The number of amides is 2. The molecule has 18 heavy (non-hydrogen) atoms. The average molecular weight is 258 g/mol. The van der Waals surface area contributed by atoms with Crippen molar-refractivity contribution >= 4 is 12.0 Å². The van der Waals surface area contributed by atoms with Gasteiger partial charge in [-0.15, -0.1) is 6.58 Å². The fourth-order valence-electron chi connectivity index (χ4n) is 1.30. The summed E-state index contributed by atoms with van der Waals surface area (Å²) in [6.45, 7) is 6.96. The molecule has 0 heterocycles. The third-order valence-electron chi connectivity index (χ3n) is 2.10. The smallest absolute Gasteiger partial charge is 0.323 e. The van der Waals surface area contributed by atoms with Gasteiger partial charge in [-0.25, -0.2) is 4.79 Å². The first-order chi connectivity index (χ1) is 8.61. The summed E-state index contributed by atoms with van der Waals surface area (Å²) in [7, 11) is 0. The largest absolute Gasteiger partial charge is 0.480 e. The van der Waals surface area contributed by atoms with Gasteiger partial charge in [0.25, 0.3) is 0 Å². The number of nitrogens with zero attached hydrogens (tertiary/aromatic N) is 1. The van der Waals surface area contributed by atoms with Crippen LogP contribution in [0.5, 0.6) is 0 Å². The Morgan fingerprint density at radius 3 is 2.72 bits per heavy atom. The number of carbonyl (C=O) groups is 2. The van der Waals surface area contributed by atoms with Crippen molar-refractivity contribution in [2.45, 2.75) is 19.8 Å². The second kappa shape index (κ2) is 10.6. The zero-order chi connectivity index (χ0) is 13.8. The van der Waals surface area contributed by atoms with Gasteiger partial charge < -0.3 is 20.1 Å². The molecule has 0 aliphatic rings. The monoisotopic (exact) mass is 258 g/mol. The highest BCUT2D eigenvalue weighted by Crippen LogP contribution is 1.92. The number of urea groups is 1. The molecule has 2 amide bonds. The summed E-state index contributed by atoms with van der Waals surface area (Å²) in [6, 6.07) is -0.369. The van der Waals surface area contributed by atoms with Crippen molar-refractivity contribution in [3.05, 3.63) is 12.7 Å². The van der Waals surface area contributed by atoms with Gasteiger partial charge in [0, 0.05) is 13.1 Å². The van der Waals surface area contributed by atoms with Crippen LogP contribution in [0.1, 0.15) is 19.8 Å². The van der Waals surface area contributed by atoms with E-state index in [0.717, 1.165) is 12.8 Å². The molecular weight excluding hydrogens is 236 g/mol. The number of aliphatic carboxylic acids is 1. The molecule has 104 valence electrons. The Hall–Kier alpha value is -1.56. The van der Waals surface area contributed by atoms with Crippen molar-refractivity contribution in [2.24, 2.45) is 0 Å². The number of hydrogen-bond donors (Lipinski definition) is 2. The number of carboxylic acids is 1. The summed E-state index contributed by atoms with van der Waals surface area (Å²) in [5.41, 5.74) is 0. The zero-order valence-electron chi connectivity index (χ0n) is 10.9. The third-order valence-corrected chi connectivity index (χ3v) is 2.10. The minimum Gasteiger partial charge on any atom is -0.480 e. The van der Waals surface area contributed by atoms with Gasteiger partial charge in [0.2, 0.25) is 0 Å². The van der Waals surface area contributed by atoms with Gasteiger partial charge in [-0.3, -0.25) is 4.79 Å². The lowest BCUT2D eigenvalue weighted by Gasteiger charge is -2.20. The van der Waals surface area contributed by atoms with Crippen molar-refractivity contribution < 1.29 is 19.4 Å². The molecular formula is C12H22N2O4. The van der Waals surface area contributed by atoms with Crippen LogP contribution in [0.25, 0.3) is 0 Å². The molecule has 0 aliphatic heterocycles. The summed E-state index contributed by atoms with van der Waals surface area (Å²) >= 11 is 0. The predicted molar refractivity (Wildman–Crippen MR) is 68.5 cm³/mol. The Balaban J connectivity index is 3.80. The molecule has 0 aromatic rings. The molecule has 0 atom stereocenters. The highest BCUT2D eigenvalue weighted by atomic mass is 16.5. The molecule has 0 saturated heterocycles. The first kappa shape index (κ1) is 16.4. The first-order valence-corrected chi connectivity index (χ1v) is 6.05. The Bertz CT molecular complexity index is 269. The maximum absolute atomic E-state index is 11.6. The lowest BCUT2D eigenvalue weighted by atomic mass is 10.4. The van der Waals surface area contributed by atoms with E-state index in [1.54, 1.807) is 6.08 Å². The molecule has 6 nitrogen and oxygen atoms in total. The number of hydrogen-bond acceptors (Lipinski definition) is 3. The van der Waals surface area contributed by atoms with E-state index in [1.165, 1.54) is 4.90 Å². The molecule has 0 bridgehead atoms. The van der Waals surface area contributed by atoms with Crippen molar-refractivity contribution in [3.63, 3.8) is 0 Å². The van der Waals surface area contributed by atoms with Gasteiger partial charge in [0.1, 0.15) is 6.54 Å². The molecule has 0 spiro atoms. The third kappa shape index (κ3) is 8.58. The number of carboxylic acid groups (broad SMARTS) is 1.